The van der Waals surface area contributed by atoms with E-state index in [9.17, 15) is 0 Å². The fourth-order valence-corrected chi connectivity index (χ4v) is 2.05. The molecule has 0 spiro atoms. The number of hydrogen-bond acceptors (Lipinski definition) is 4. The van der Waals surface area contributed by atoms with E-state index < -0.39 is 0 Å². The highest BCUT2D eigenvalue weighted by atomic mass is 32.1. The smallest absolute Gasteiger partial charge is 0.138 e. The lowest BCUT2D eigenvalue weighted by Crippen LogP contribution is -2.03. The molecule has 0 saturated carbocycles. The van der Waals surface area contributed by atoms with E-state index in [-0.39, 0.29) is 0 Å². The van der Waals surface area contributed by atoms with Gasteiger partial charge < -0.3 is 5.32 Å². The minimum atomic E-state index is 0.963. The fourth-order valence-electron chi connectivity index (χ4n) is 1.31. The topological polar surface area (TPSA) is 37.8 Å². The third kappa shape index (κ3) is 1.85. The summed E-state index contributed by atoms with van der Waals surface area (Å²) in [5.74, 6) is 0.963. The largest absolute Gasteiger partial charge is 0.369 e. The molecule has 0 radical (unpaired) electrons. The van der Waals surface area contributed by atoms with Crippen molar-refractivity contribution in [3.05, 3.63) is 17.8 Å². The van der Waals surface area contributed by atoms with Gasteiger partial charge in [0.15, 0.2) is 0 Å². The van der Waals surface area contributed by atoms with Crippen LogP contribution in [-0.2, 0) is 0 Å². The molecule has 2 rings (SSSR count). The van der Waals surface area contributed by atoms with Crippen molar-refractivity contribution in [3.8, 4) is 0 Å². The Kier molecular flexibility index (Phi) is 2.93. The molecule has 0 fully saturated rings. The van der Waals surface area contributed by atoms with Gasteiger partial charge >= 0.3 is 0 Å². The highest BCUT2D eigenvalue weighted by molar-refractivity contribution is 7.16. The summed E-state index contributed by atoms with van der Waals surface area (Å²) >= 11 is 1.65. The Morgan fingerprint density at radius 2 is 2.36 bits per heavy atom. The van der Waals surface area contributed by atoms with Crippen LogP contribution >= 0.6 is 11.3 Å². The lowest BCUT2D eigenvalue weighted by atomic mass is 10.3. The van der Waals surface area contributed by atoms with Crippen LogP contribution in [0.5, 0.6) is 0 Å². The standard InChI is InChI=1S/C10H13N3S/c1-2-3-5-11-9-8-4-6-14-10(8)13-7-12-9/h4,6-7H,2-3,5H2,1H3,(H,11,12,13). The van der Waals surface area contributed by atoms with Crippen molar-refractivity contribution in [3.63, 3.8) is 0 Å². The molecule has 0 bridgehead atoms. The second kappa shape index (κ2) is 4.37. The van der Waals surface area contributed by atoms with E-state index in [0.29, 0.717) is 0 Å². The number of fused-ring (bicyclic) bond motifs is 1. The predicted molar refractivity (Wildman–Crippen MR) is 60.8 cm³/mol. The lowest BCUT2D eigenvalue weighted by molar-refractivity contribution is 0.831. The third-order valence-electron chi connectivity index (χ3n) is 2.08. The van der Waals surface area contributed by atoms with E-state index >= 15 is 0 Å². The average Bonchev–Trinajstić information content (AvgIpc) is 2.67. The first kappa shape index (κ1) is 9.40. The lowest BCUT2D eigenvalue weighted by Gasteiger charge is -2.04. The molecule has 0 aromatic carbocycles. The van der Waals surface area contributed by atoms with E-state index in [4.69, 9.17) is 0 Å². The molecule has 3 nitrogen and oxygen atoms in total. The number of aromatic nitrogens is 2. The highest BCUT2D eigenvalue weighted by Crippen LogP contribution is 2.23. The Labute approximate surface area is 87.2 Å². The molecule has 4 heteroatoms. The number of unbranched alkanes of at least 4 members (excludes halogenated alkanes) is 1. The Morgan fingerprint density at radius 3 is 3.21 bits per heavy atom. The van der Waals surface area contributed by atoms with Crippen molar-refractivity contribution < 1.29 is 0 Å². The zero-order valence-electron chi connectivity index (χ0n) is 8.16. The summed E-state index contributed by atoms with van der Waals surface area (Å²) in [5, 5.41) is 6.51. The molecule has 0 aliphatic carbocycles. The van der Waals surface area contributed by atoms with Gasteiger partial charge in [-0.3, -0.25) is 0 Å². The Balaban J connectivity index is 2.19. The first-order valence-corrected chi connectivity index (χ1v) is 5.72. The van der Waals surface area contributed by atoms with Gasteiger partial charge in [-0.15, -0.1) is 11.3 Å². The summed E-state index contributed by atoms with van der Waals surface area (Å²) < 4.78 is 0. The van der Waals surface area contributed by atoms with Gasteiger partial charge in [0.1, 0.15) is 17.0 Å². The van der Waals surface area contributed by atoms with Crippen molar-refractivity contribution in [2.45, 2.75) is 19.8 Å². The van der Waals surface area contributed by atoms with Crippen molar-refractivity contribution in [2.24, 2.45) is 0 Å². The number of nitrogens with one attached hydrogen (secondary N) is 1. The van der Waals surface area contributed by atoms with Crippen LogP contribution in [0.2, 0.25) is 0 Å². The normalized spacial score (nSPS) is 10.6. The maximum Gasteiger partial charge on any atom is 0.138 e. The van der Waals surface area contributed by atoms with Crippen LogP contribution in [0.25, 0.3) is 10.2 Å². The van der Waals surface area contributed by atoms with E-state index in [1.165, 1.54) is 12.8 Å². The number of thiophene rings is 1. The maximum atomic E-state index is 4.24. The Hall–Kier alpha value is -1.16. The molecule has 0 aliphatic heterocycles. The zero-order chi connectivity index (χ0) is 9.80. The second-order valence-corrected chi connectivity index (χ2v) is 4.04. The number of anilines is 1. The molecule has 2 heterocycles. The van der Waals surface area contributed by atoms with Gasteiger partial charge in [-0.05, 0) is 17.9 Å². The van der Waals surface area contributed by atoms with Gasteiger partial charge in [0.05, 0.1) is 5.39 Å². The first-order valence-electron chi connectivity index (χ1n) is 4.84. The van der Waals surface area contributed by atoms with Crippen molar-refractivity contribution in [1.29, 1.82) is 0 Å². The van der Waals surface area contributed by atoms with E-state index in [0.717, 1.165) is 22.6 Å². The molecule has 74 valence electrons. The summed E-state index contributed by atoms with van der Waals surface area (Å²) in [7, 11) is 0. The predicted octanol–water partition coefficient (Wildman–Crippen LogP) is 2.90. The summed E-state index contributed by atoms with van der Waals surface area (Å²) in [6.07, 6.45) is 3.99. The Bertz CT molecular complexity index is 410. The average molecular weight is 207 g/mol. The van der Waals surface area contributed by atoms with Crippen LogP contribution in [0, 0.1) is 0 Å². The monoisotopic (exact) mass is 207 g/mol. The highest BCUT2D eigenvalue weighted by Gasteiger charge is 2.02. The molecule has 0 aliphatic rings. The van der Waals surface area contributed by atoms with Crippen LogP contribution in [0.3, 0.4) is 0 Å². The van der Waals surface area contributed by atoms with Crippen molar-refractivity contribution in [1.82, 2.24) is 9.97 Å². The minimum Gasteiger partial charge on any atom is -0.369 e. The van der Waals surface area contributed by atoms with Crippen LogP contribution in [-0.4, -0.2) is 16.5 Å². The summed E-state index contributed by atoms with van der Waals surface area (Å²) in [5.41, 5.74) is 0. The molecule has 2 aromatic heterocycles. The molecule has 0 atom stereocenters. The molecule has 0 saturated heterocycles. The molecule has 0 amide bonds. The fraction of sp³-hybridized carbons (Fsp3) is 0.400. The first-order chi connectivity index (χ1) is 6.92. The van der Waals surface area contributed by atoms with Gasteiger partial charge in [0.25, 0.3) is 0 Å². The number of nitrogens with zero attached hydrogens (tertiary/aromatic N) is 2. The van der Waals surface area contributed by atoms with Crippen molar-refractivity contribution in [2.75, 3.05) is 11.9 Å². The van der Waals surface area contributed by atoms with Crippen LogP contribution in [0.1, 0.15) is 19.8 Å². The van der Waals surface area contributed by atoms with E-state index in [1.807, 2.05) is 5.38 Å². The SMILES string of the molecule is CCCCNc1ncnc2sccc12. The van der Waals surface area contributed by atoms with Crippen molar-refractivity contribution >= 4 is 27.4 Å². The maximum absolute atomic E-state index is 4.24. The molecule has 2 aromatic rings. The van der Waals surface area contributed by atoms with Crippen LogP contribution in [0.15, 0.2) is 17.8 Å². The zero-order valence-corrected chi connectivity index (χ0v) is 8.97. The third-order valence-corrected chi connectivity index (χ3v) is 2.91. The summed E-state index contributed by atoms with van der Waals surface area (Å²) in [4.78, 5) is 9.49. The quantitative estimate of drug-likeness (QED) is 0.783. The van der Waals surface area contributed by atoms with E-state index in [1.54, 1.807) is 17.7 Å². The van der Waals surface area contributed by atoms with Gasteiger partial charge in [0.2, 0.25) is 0 Å². The molecule has 0 unspecified atom stereocenters. The number of hydrogen-bond donors (Lipinski definition) is 1. The molecular weight excluding hydrogens is 194 g/mol. The molecule has 1 N–H and O–H groups in total. The van der Waals surface area contributed by atoms with Gasteiger partial charge in [0, 0.05) is 6.54 Å². The van der Waals surface area contributed by atoms with Crippen LogP contribution < -0.4 is 5.32 Å². The van der Waals surface area contributed by atoms with Gasteiger partial charge in [-0.2, -0.15) is 0 Å². The minimum absolute atomic E-state index is 0.963. The Morgan fingerprint density at radius 1 is 1.43 bits per heavy atom. The summed E-state index contributed by atoms with van der Waals surface area (Å²) in [6.45, 7) is 3.17. The molecular formula is C10H13N3S. The molecule has 14 heavy (non-hydrogen) atoms. The van der Waals surface area contributed by atoms with Crippen LogP contribution in [0.4, 0.5) is 5.82 Å². The van der Waals surface area contributed by atoms with E-state index in [2.05, 4.69) is 28.3 Å². The van der Waals surface area contributed by atoms with Gasteiger partial charge in [-0.25, -0.2) is 9.97 Å². The second-order valence-electron chi connectivity index (χ2n) is 3.14. The number of rotatable bonds is 4. The van der Waals surface area contributed by atoms with Gasteiger partial charge in [-0.1, -0.05) is 13.3 Å². The summed E-state index contributed by atoms with van der Waals surface area (Å²) in [6, 6.07) is 2.06.